The van der Waals surface area contributed by atoms with Crippen LogP contribution >= 0.6 is 22.7 Å². The lowest BCUT2D eigenvalue weighted by atomic mass is 10.1. The zero-order valence-corrected chi connectivity index (χ0v) is 17.2. The van der Waals surface area contributed by atoms with Crippen molar-refractivity contribution in [2.24, 2.45) is 0 Å². The predicted molar refractivity (Wildman–Crippen MR) is 113 cm³/mol. The first-order chi connectivity index (χ1) is 14.1. The summed E-state index contributed by atoms with van der Waals surface area (Å²) in [6, 6.07) is 10.1. The van der Waals surface area contributed by atoms with E-state index in [2.05, 4.69) is 20.3 Å². The second kappa shape index (κ2) is 8.59. The number of carbonyl (C=O) groups excluding carboxylic acids is 1. The molecule has 5 nitrogen and oxygen atoms in total. The number of thiazole rings is 2. The average Bonchev–Trinajstić information content (AvgIpc) is 3.35. The van der Waals surface area contributed by atoms with Gasteiger partial charge in [-0.2, -0.15) is 0 Å². The van der Waals surface area contributed by atoms with E-state index in [4.69, 9.17) is 0 Å². The standard InChI is InChI=1S/C21H17FN4OS2/c1-13-20(29-18(25-13)10-14-2-4-16(22)5-3-14)21(27)24-11-19-26-17(12-28-19)15-6-8-23-9-7-15/h2-9,12H,10-11H2,1H3,(H,24,27). The lowest BCUT2D eigenvalue weighted by molar-refractivity contribution is 0.0954. The van der Waals surface area contributed by atoms with Crippen LogP contribution in [0.5, 0.6) is 0 Å². The predicted octanol–water partition coefficient (Wildman–Crippen LogP) is 4.63. The van der Waals surface area contributed by atoms with Crippen LogP contribution in [-0.4, -0.2) is 20.9 Å². The molecule has 0 spiro atoms. The molecule has 0 aliphatic carbocycles. The first-order valence-electron chi connectivity index (χ1n) is 8.92. The van der Waals surface area contributed by atoms with Gasteiger partial charge in [0.25, 0.3) is 5.91 Å². The molecular formula is C21H17FN4OS2. The van der Waals surface area contributed by atoms with Crippen LogP contribution in [0.2, 0.25) is 0 Å². The molecule has 3 aromatic heterocycles. The third kappa shape index (κ3) is 4.72. The van der Waals surface area contributed by atoms with Gasteiger partial charge in [0, 0.05) is 29.8 Å². The monoisotopic (exact) mass is 424 g/mol. The molecule has 0 unspecified atom stereocenters. The van der Waals surface area contributed by atoms with E-state index in [1.165, 1.54) is 34.8 Å². The Morgan fingerprint density at radius 2 is 1.83 bits per heavy atom. The van der Waals surface area contributed by atoms with Gasteiger partial charge in [-0.15, -0.1) is 22.7 Å². The number of hydrogen-bond acceptors (Lipinski definition) is 6. The zero-order chi connectivity index (χ0) is 20.2. The van der Waals surface area contributed by atoms with E-state index in [0.29, 0.717) is 23.5 Å². The van der Waals surface area contributed by atoms with E-state index >= 15 is 0 Å². The maximum Gasteiger partial charge on any atom is 0.263 e. The summed E-state index contributed by atoms with van der Waals surface area (Å²) in [5.41, 5.74) is 3.52. The SMILES string of the molecule is Cc1nc(Cc2ccc(F)cc2)sc1C(=O)NCc1nc(-c2ccncc2)cs1. The van der Waals surface area contributed by atoms with Crippen molar-refractivity contribution >= 4 is 28.6 Å². The number of rotatable bonds is 6. The van der Waals surface area contributed by atoms with Crippen molar-refractivity contribution in [1.82, 2.24) is 20.3 Å². The second-order valence-corrected chi connectivity index (χ2v) is 8.40. The third-order valence-corrected chi connectivity index (χ3v) is 6.25. The van der Waals surface area contributed by atoms with Crippen LogP contribution in [0.25, 0.3) is 11.3 Å². The summed E-state index contributed by atoms with van der Waals surface area (Å²) in [7, 11) is 0. The highest BCUT2D eigenvalue weighted by Crippen LogP contribution is 2.23. The maximum absolute atomic E-state index is 13.0. The van der Waals surface area contributed by atoms with Gasteiger partial charge in [-0.1, -0.05) is 12.1 Å². The van der Waals surface area contributed by atoms with E-state index in [-0.39, 0.29) is 11.7 Å². The van der Waals surface area contributed by atoms with Crippen molar-refractivity contribution in [3.05, 3.63) is 86.1 Å². The van der Waals surface area contributed by atoms with Crippen LogP contribution in [0.4, 0.5) is 4.39 Å². The molecule has 8 heteroatoms. The van der Waals surface area contributed by atoms with Crippen LogP contribution < -0.4 is 5.32 Å². The molecule has 0 bridgehead atoms. The van der Waals surface area contributed by atoms with Crippen molar-refractivity contribution in [2.45, 2.75) is 19.9 Å². The Balaban J connectivity index is 1.39. The Kier molecular flexibility index (Phi) is 5.73. The van der Waals surface area contributed by atoms with Crippen LogP contribution in [0.1, 0.15) is 30.9 Å². The molecule has 4 rings (SSSR count). The summed E-state index contributed by atoms with van der Waals surface area (Å²) in [5, 5.41) is 6.55. The first kappa shape index (κ1) is 19.4. The lowest BCUT2D eigenvalue weighted by Crippen LogP contribution is -2.22. The molecule has 0 atom stereocenters. The van der Waals surface area contributed by atoms with Crippen molar-refractivity contribution in [3.63, 3.8) is 0 Å². The fraction of sp³-hybridized carbons (Fsp3) is 0.143. The van der Waals surface area contributed by atoms with Crippen molar-refractivity contribution < 1.29 is 9.18 Å². The molecule has 4 aromatic rings. The highest BCUT2D eigenvalue weighted by molar-refractivity contribution is 7.13. The smallest absolute Gasteiger partial charge is 0.263 e. The molecule has 0 aliphatic heterocycles. The van der Waals surface area contributed by atoms with Crippen molar-refractivity contribution in [3.8, 4) is 11.3 Å². The summed E-state index contributed by atoms with van der Waals surface area (Å²) in [6.45, 7) is 2.18. The summed E-state index contributed by atoms with van der Waals surface area (Å²) in [4.78, 5) is 26.3. The zero-order valence-electron chi connectivity index (χ0n) is 15.6. The summed E-state index contributed by atoms with van der Waals surface area (Å²) >= 11 is 2.87. The maximum atomic E-state index is 13.0. The topological polar surface area (TPSA) is 67.8 Å². The summed E-state index contributed by atoms with van der Waals surface area (Å²) < 4.78 is 13.0. The molecule has 0 saturated carbocycles. The summed E-state index contributed by atoms with van der Waals surface area (Å²) in [5.74, 6) is -0.426. The summed E-state index contributed by atoms with van der Waals surface area (Å²) in [6.07, 6.45) is 4.03. The number of aryl methyl sites for hydroxylation is 1. The minimum Gasteiger partial charge on any atom is -0.345 e. The molecule has 1 N–H and O–H groups in total. The van der Waals surface area contributed by atoms with E-state index in [0.717, 1.165) is 26.8 Å². The molecule has 29 heavy (non-hydrogen) atoms. The fourth-order valence-electron chi connectivity index (χ4n) is 2.80. The normalized spacial score (nSPS) is 10.8. The molecule has 3 heterocycles. The van der Waals surface area contributed by atoms with Gasteiger partial charge in [0.05, 0.1) is 22.9 Å². The second-order valence-electron chi connectivity index (χ2n) is 6.37. The largest absolute Gasteiger partial charge is 0.345 e. The van der Waals surface area contributed by atoms with Crippen molar-refractivity contribution in [2.75, 3.05) is 0 Å². The third-order valence-electron chi connectivity index (χ3n) is 4.24. The van der Waals surface area contributed by atoms with Crippen LogP contribution in [-0.2, 0) is 13.0 Å². The Hall–Kier alpha value is -2.97. The quantitative estimate of drug-likeness (QED) is 0.490. The van der Waals surface area contributed by atoms with E-state index < -0.39 is 0 Å². The number of hydrogen-bond donors (Lipinski definition) is 1. The highest BCUT2D eigenvalue weighted by atomic mass is 32.1. The number of aromatic nitrogens is 3. The van der Waals surface area contributed by atoms with Gasteiger partial charge in [-0.25, -0.2) is 14.4 Å². The number of carbonyl (C=O) groups is 1. The fourth-order valence-corrected chi connectivity index (χ4v) is 4.56. The molecule has 0 aliphatic rings. The van der Waals surface area contributed by atoms with E-state index in [1.54, 1.807) is 24.5 Å². The number of benzene rings is 1. The molecule has 0 saturated heterocycles. The Morgan fingerprint density at radius 3 is 2.59 bits per heavy atom. The van der Waals surface area contributed by atoms with Gasteiger partial charge in [0.1, 0.15) is 15.7 Å². The molecular weight excluding hydrogens is 407 g/mol. The van der Waals surface area contributed by atoms with Crippen LogP contribution in [0, 0.1) is 12.7 Å². The Morgan fingerprint density at radius 1 is 1.07 bits per heavy atom. The molecule has 0 radical (unpaired) electrons. The Bertz CT molecular complexity index is 1120. The number of nitrogens with one attached hydrogen (secondary N) is 1. The van der Waals surface area contributed by atoms with E-state index in [1.807, 2.05) is 24.4 Å². The van der Waals surface area contributed by atoms with E-state index in [9.17, 15) is 9.18 Å². The Labute approximate surface area is 175 Å². The number of halogens is 1. The van der Waals surface area contributed by atoms with Crippen LogP contribution in [0.15, 0.2) is 54.2 Å². The molecule has 0 fully saturated rings. The van der Waals surface area contributed by atoms with Gasteiger partial charge < -0.3 is 5.32 Å². The minimum absolute atomic E-state index is 0.161. The minimum atomic E-state index is -0.265. The number of pyridine rings is 1. The number of nitrogens with zero attached hydrogens (tertiary/aromatic N) is 3. The molecule has 1 aromatic carbocycles. The highest BCUT2D eigenvalue weighted by Gasteiger charge is 2.16. The lowest BCUT2D eigenvalue weighted by Gasteiger charge is -2.01. The van der Waals surface area contributed by atoms with Gasteiger partial charge in [0.15, 0.2) is 0 Å². The van der Waals surface area contributed by atoms with Gasteiger partial charge in [-0.05, 0) is 36.8 Å². The van der Waals surface area contributed by atoms with Gasteiger partial charge in [0.2, 0.25) is 0 Å². The molecule has 146 valence electrons. The first-order valence-corrected chi connectivity index (χ1v) is 10.6. The average molecular weight is 425 g/mol. The van der Waals surface area contributed by atoms with Gasteiger partial charge >= 0.3 is 0 Å². The van der Waals surface area contributed by atoms with Crippen molar-refractivity contribution in [1.29, 1.82) is 0 Å². The van der Waals surface area contributed by atoms with Crippen LogP contribution in [0.3, 0.4) is 0 Å². The molecule has 1 amide bonds. The van der Waals surface area contributed by atoms with Gasteiger partial charge in [-0.3, -0.25) is 9.78 Å². The number of amides is 1.